The van der Waals surface area contributed by atoms with Crippen LogP contribution in [0, 0.1) is 0 Å². The highest BCUT2D eigenvalue weighted by atomic mass is 15.0. The molecular weight excluding hydrogens is 542 g/mol. The van der Waals surface area contributed by atoms with Gasteiger partial charge in [0.1, 0.15) is 0 Å². The van der Waals surface area contributed by atoms with Crippen LogP contribution in [0.2, 0.25) is 0 Å². The fourth-order valence-corrected chi connectivity index (χ4v) is 5.89. The van der Waals surface area contributed by atoms with Crippen molar-refractivity contribution in [3.63, 3.8) is 0 Å². The number of rotatable bonds is 35. The summed E-state index contributed by atoms with van der Waals surface area (Å²) in [5.74, 6) is 0. The summed E-state index contributed by atoms with van der Waals surface area (Å²) in [4.78, 5) is 2.32. The van der Waals surface area contributed by atoms with E-state index in [1.807, 2.05) is 0 Å². The fourth-order valence-electron chi connectivity index (χ4n) is 5.89. The maximum atomic E-state index is 2.63. The standard InChI is InChI=1S/C44H81N/c1-5-7-9-11-13-15-17-19-21-23-25-27-29-31-33-36-40-44(42-38-35-39-43-45(3)4)41-37-34-32-30-28-26-24-22-20-18-16-14-12-10-8-6-2/h13-16,19-22,42H,5-12,17-18,23-41,43H2,1-4H3/b15-13-,16-14-,21-19-,22-20-. The van der Waals surface area contributed by atoms with Gasteiger partial charge in [0.05, 0.1) is 0 Å². The topological polar surface area (TPSA) is 3.24 Å². The zero-order chi connectivity index (χ0) is 32.7. The normalized spacial score (nSPS) is 12.3. The van der Waals surface area contributed by atoms with Crippen molar-refractivity contribution in [2.45, 2.75) is 200 Å². The van der Waals surface area contributed by atoms with E-state index in [0.717, 1.165) is 12.8 Å². The average Bonchev–Trinajstić information content (AvgIpc) is 3.03. The van der Waals surface area contributed by atoms with Gasteiger partial charge in [0.15, 0.2) is 0 Å². The van der Waals surface area contributed by atoms with Crippen LogP contribution in [0.5, 0.6) is 0 Å². The largest absolute Gasteiger partial charge is 0.309 e. The molecule has 0 radical (unpaired) electrons. The summed E-state index contributed by atoms with van der Waals surface area (Å²) in [5.41, 5.74) is 1.77. The molecule has 0 unspecified atom stereocenters. The zero-order valence-corrected chi connectivity index (χ0v) is 31.4. The van der Waals surface area contributed by atoms with Gasteiger partial charge in [-0.3, -0.25) is 0 Å². The van der Waals surface area contributed by atoms with Gasteiger partial charge >= 0.3 is 0 Å². The Hall–Kier alpha value is -1.34. The Kier molecular flexibility index (Phi) is 37.7. The molecule has 0 saturated carbocycles. The third-order valence-electron chi connectivity index (χ3n) is 8.89. The van der Waals surface area contributed by atoms with Gasteiger partial charge < -0.3 is 4.90 Å². The van der Waals surface area contributed by atoms with E-state index < -0.39 is 0 Å². The molecule has 0 atom stereocenters. The lowest BCUT2D eigenvalue weighted by atomic mass is 9.98. The quantitative estimate of drug-likeness (QED) is 0.0501. The molecule has 0 rings (SSSR count). The number of allylic oxidation sites excluding steroid dienone is 10. The van der Waals surface area contributed by atoms with Gasteiger partial charge in [0, 0.05) is 0 Å². The molecular formula is C44H81N. The van der Waals surface area contributed by atoms with Crippen molar-refractivity contribution in [1.29, 1.82) is 0 Å². The maximum Gasteiger partial charge on any atom is -0.00247 e. The molecule has 0 aromatic rings. The molecule has 0 aromatic heterocycles. The molecule has 0 aliphatic heterocycles. The smallest absolute Gasteiger partial charge is 0.00247 e. The van der Waals surface area contributed by atoms with Crippen LogP contribution < -0.4 is 0 Å². The molecule has 0 saturated heterocycles. The van der Waals surface area contributed by atoms with Crippen LogP contribution >= 0.6 is 0 Å². The van der Waals surface area contributed by atoms with Crippen LogP contribution in [0.3, 0.4) is 0 Å². The van der Waals surface area contributed by atoms with Crippen molar-refractivity contribution in [3.8, 4) is 0 Å². The van der Waals surface area contributed by atoms with Gasteiger partial charge in [-0.15, -0.1) is 0 Å². The summed E-state index contributed by atoms with van der Waals surface area (Å²) in [6.07, 6.45) is 60.4. The number of nitrogens with zero attached hydrogens (tertiary/aromatic N) is 1. The minimum absolute atomic E-state index is 1.12. The van der Waals surface area contributed by atoms with Gasteiger partial charge in [-0.2, -0.15) is 0 Å². The van der Waals surface area contributed by atoms with E-state index in [1.165, 1.54) is 180 Å². The lowest BCUT2D eigenvalue weighted by Crippen LogP contribution is -2.12. The van der Waals surface area contributed by atoms with Crippen molar-refractivity contribution < 1.29 is 0 Å². The van der Waals surface area contributed by atoms with Crippen molar-refractivity contribution in [1.82, 2.24) is 4.90 Å². The van der Waals surface area contributed by atoms with Crippen LogP contribution in [0.4, 0.5) is 0 Å². The highest BCUT2D eigenvalue weighted by molar-refractivity contribution is 5.02. The molecule has 0 aliphatic rings. The van der Waals surface area contributed by atoms with Crippen molar-refractivity contribution >= 4 is 0 Å². The molecule has 0 aromatic carbocycles. The van der Waals surface area contributed by atoms with Crippen LogP contribution in [0.1, 0.15) is 200 Å². The molecule has 0 bridgehead atoms. The zero-order valence-electron chi connectivity index (χ0n) is 31.4. The summed E-state index contributed by atoms with van der Waals surface area (Å²) < 4.78 is 0. The van der Waals surface area contributed by atoms with Crippen LogP contribution in [0.15, 0.2) is 60.3 Å². The van der Waals surface area contributed by atoms with E-state index in [4.69, 9.17) is 0 Å². The van der Waals surface area contributed by atoms with Crippen LogP contribution in [0.25, 0.3) is 0 Å². The summed E-state index contributed by atoms with van der Waals surface area (Å²) in [7, 11) is 4.39. The van der Waals surface area contributed by atoms with Crippen molar-refractivity contribution in [2.24, 2.45) is 0 Å². The maximum absolute atomic E-state index is 2.63. The summed E-state index contributed by atoms with van der Waals surface area (Å²) >= 11 is 0. The number of unbranched alkanes of at least 4 members (excludes halogenated alkanes) is 20. The second kappa shape index (κ2) is 38.8. The number of hydrogen-bond donors (Lipinski definition) is 0. The molecule has 262 valence electrons. The molecule has 1 nitrogen and oxygen atoms in total. The van der Waals surface area contributed by atoms with E-state index in [2.05, 4.69) is 87.5 Å². The first kappa shape index (κ1) is 43.7. The van der Waals surface area contributed by atoms with E-state index in [9.17, 15) is 0 Å². The second-order valence-corrected chi connectivity index (χ2v) is 13.8. The van der Waals surface area contributed by atoms with Crippen molar-refractivity contribution in [2.75, 3.05) is 20.6 Å². The molecule has 0 spiro atoms. The van der Waals surface area contributed by atoms with Crippen LogP contribution in [-0.4, -0.2) is 25.5 Å². The van der Waals surface area contributed by atoms with Crippen LogP contribution in [-0.2, 0) is 0 Å². The van der Waals surface area contributed by atoms with E-state index in [-0.39, 0.29) is 0 Å². The molecule has 0 N–H and O–H groups in total. The van der Waals surface area contributed by atoms with Crippen molar-refractivity contribution in [3.05, 3.63) is 60.3 Å². The van der Waals surface area contributed by atoms with Gasteiger partial charge in [-0.05, 0) is 130 Å². The van der Waals surface area contributed by atoms with E-state index >= 15 is 0 Å². The first-order valence-corrected chi connectivity index (χ1v) is 20.1. The Morgan fingerprint density at radius 3 is 1.13 bits per heavy atom. The molecule has 45 heavy (non-hydrogen) atoms. The Bertz CT molecular complexity index is 656. The molecule has 0 fully saturated rings. The second-order valence-electron chi connectivity index (χ2n) is 13.8. The average molecular weight is 624 g/mol. The summed E-state index contributed by atoms with van der Waals surface area (Å²) in [5, 5.41) is 0. The SMILES string of the molecule is CCCCC/C=C\C/C=C\CCCCCCCCC(=CCCCCN(C)C)CCCCCCCC/C=C\C/C=C\CCCCC. The van der Waals surface area contributed by atoms with Gasteiger partial charge in [-0.25, -0.2) is 0 Å². The van der Waals surface area contributed by atoms with Gasteiger partial charge in [0.2, 0.25) is 0 Å². The fraction of sp³-hybridized carbons (Fsp3) is 0.773. The Morgan fingerprint density at radius 2 is 0.733 bits per heavy atom. The molecule has 0 amide bonds. The predicted molar refractivity (Wildman–Crippen MR) is 208 cm³/mol. The Balaban J connectivity index is 3.94. The summed E-state index contributed by atoms with van der Waals surface area (Å²) in [6, 6.07) is 0. The minimum Gasteiger partial charge on any atom is -0.309 e. The third kappa shape index (κ3) is 38.8. The highest BCUT2D eigenvalue weighted by Crippen LogP contribution is 2.20. The van der Waals surface area contributed by atoms with Gasteiger partial charge in [0.25, 0.3) is 0 Å². The molecule has 0 heterocycles. The third-order valence-corrected chi connectivity index (χ3v) is 8.89. The van der Waals surface area contributed by atoms with Gasteiger partial charge in [-0.1, -0.05) is 151 Å². The Labute approximate surface area is 285 Å². The molecule has 1 heteroatoms. The number of hydrogen-bond acceptors (Lipinski definition) is 1. The lowest BCUT2D eigenvalue weighted by molar-refractivity contribution is 0.395. The first-order chi connectivity index (χ1) is 22.2. The lowest BCUT2D eigenvalue weighted by Gasteiger charge is -2.10. The Morgan fingerprint density at radius 1 is 0.378 bits per heavy atom. The van der Waals surface area contributed by atoms with E-state index in [0.29, 0.717) is 0 Å². The minimum atomic E-state index is 1.12. The summed E-state index contributed by atoms with van der Waals surface area (Å²) in [6.45, 7) is 5.77. The monoisotopic (exact) mass is 624 g/mol. The highest BCUT2D eigenvalue weighted by Gasteiger charge is 2.01. The van der Waals surface area contributed by atoms with E-state index in [1.54, 1.807) is 5.57 Å². The predicted octanol–water partition coefficient (Wildman–Crippen LogP) is 15.1. The molecule has 0 aliphatic carbocycles. The first-order valence-electron chi connectivity index (χ1n) is 20.1.